The molecule has 1 rings (SSSR count). The molecule has 1 fully saturated rings. The van der Waals surface area contributed by atoms with Crippen molar-refractivity contribution in [3.05, 3.63) is 0 Å². The monoisotopic (exact) mass is 239 g/mol. The van der Waals surface area contributed by atoms with Gasteiger partial charge in [0.05, 0.1) is 6.10 Å². The summed E-state index contributed by atoms with van der Waals surface area (Å²) >= 11 is 0. The maximum Gasteiger partial charge on any atom is 0.403 e. The van der Waals surface area contributed by atoms with E-state index in [0.29, 0.717) is 26.0 Å². The lowest BCUT2D eigenvalue weighted by atomic mass is 10.1. The first-order valence-electron chi connectivity index (χ1n) is 5.95. The van der Waals surface area contributed by atoms with Crippen LogP contribution >= 0.6 is 0 Å². The normalized spacial score (nSPS) is 23.6. The molecule has 2 atom stereocenters. The van der Waals surface area contributed by atoms with Crippen molar-refractivity contribution >= 4 is 0 Å². The number of hydrogen-bond donors (Lipinski definition) is 1. The molecule has 2 nitrogen and oxygen atoms in total. The molecule has 0 aliphatic carbocycles. The first kappa shape index (κ1) is 13.8. The fourth-order valence-corrected chi connectivity index (χ4v) is 1.92. The Morgan fingerprint density at radius 3 is 2.69 bits per heavy atom. The Kier molecular flexibility index (Phi) is 5.55. The zero-order chi connectivity index (χ0) is 12.0. The molecule has 0 aromatic rings. The molecule has 0 bridgehead atoms. The predicted molar refractivity (Wildman–Crippen MR) is 56.3 cm³/mol. The second kappa shape index (κ2) is 6.45. The molecule has 1 aliphatic rings. The van der Waals surface area contributed by atoms with E-state index < -0.39 is 12.2 Å². The third-order valence-electron chi connectivity index (χ3n) is 2.84. The van der Waals surface area contributed by atoms with Gasteiger partial charge in [-0.05, 0) is 38.6 Å². The van der Waals surface area contributed by atoms with Crippen LogP contribution in [0.2, 0.25) is 0 Å². The van der Waals surface area contributed by atoms with E-state index in [1.54, 1.807) is 0 Å². The highest BCUT2D eigenvalue weighted by Gasteiger charge is 2.39. The van der Waals surface area contributed by atoms with E-state index in [4.69, 9.17) is 4.74 Å². The quantitative estimate of drug-likeness (QED) is 0.769. The van der Waals surface area contributed by atoms with Crippen LogP contribution in [0.4, 0.5) is 13.2 Å². The average molecular weight is 239 g/mol. The van der Waals surface area contributed by atoms with Gasteiger partial charge < -0.3 is 10.1 Å². The largest absolute Gasteiger partial charge is 0.403 e. The molecule has 0 saturated carbocycles. The van der Waals surface area contributed by atoms with Crippen LogP contribution in [0.15, 0.2) is 0 Å². The Labute approximate surface area is 94.5 Å². The molecule has 0 amide bonds. The number of halogens is 3. The fraction of sp³-hybridized carbons (Fsp3) is 1.00. The van der Waals surface area contributed by atoms with E-state index in [2.05, 4.69) is 5.32 Å². The van der Waals surface area contributed by atoms with Crippen LogP contribution in [-0.4, -0.2) is 31.5 Å². The Morgan fingerprint density at radius 1 is 1.44 bits per heavy atom. The van der Waals surface area contributed by atoms with Crippen molar-refractivity contribution in [1.82, 2.24) is 5.32 Å². The number of hydrogen-bond acceptors (Lipinski definition) is 2. The molecular formula is C11H20F3NO. The predicted octanol–water partition coefficient (Wildman–Crippen LogP) is 2.88. The summed E-state index contributed by atoms with van der Waals surface area (Å²) in [6.07, 6.45) is -0.898. The maximum absolute atomic E-state index is 12.6. The smallest absolute Gasteiger partial charge is 0.378 e. The Hall–Kier alpha value is -0.290. The van der Waals surface area contributed by atoms with Crippen molar-refractivity contribution in [3.8, 4) is 0 Å². The van der Waals surface area contributed by atoms with E-state index in [-0.39, 0.29) is 12.5 Å². The molecule has 0 spiro atoms. The number of rotatable bonds is 6. The molecule has 0 aromatic carbocycles. The number of alkyl halides is 3. The molecule has 96 valence electrons. The highest BCUT2D eigenvalue weighted by Crippen LogP contribution is 2.26. The van der Waals surface area contributed by atoms with Gasteiger partial charge in [-0.1, -0.05) is 6.92 Å². The lowest BCUT2D eigenvalue weighted by Crippen LogP contribution is -2.43. The van der Waals surface area contributed by atoms with Gasteiger partial charge in [-0.15, -0.1) is 0 Å². The van der Waals surface area contributed by atoms with E-state index in [0.717, 1.165) is 12.8 Å². The van der Waals surface area contributed by atoms with Gasteiger partial charge in [0, 0.05) is 6.61 Å². The molecule has 2 unspecified atom stereocenters. The van der Waals surface area contributed by atoms with Gasteiger partial charge >= 0.3 is 6.18 Å². The molecular weight excluding hydrogens is 219 g/mol. The Balaban J connectivity index is 2.31. The second-order valence-corrected chi connectivity index (χ2v) is 4.26. The van der Waals surface area contributed by atoms with E-state index in [1.165, 1.54) is 0 Å². The van der Waals surface area contributed by atoms with Gasteiger partial charge in [0.15, 0.2) is 0 Å². The fourth-order valence-electron chi connectivity index (χ4n) is 1.92. The minimum absolute atomic E-state index is 0.0354. The van der Waals surface area contributed by atoms with Crippen LogP contribution in [0.5, 0.6) is 0 Å². The van der Waals surface area contributed by atoms with Crippen LogP contribution in [-0.2, 0) is 4.74 Å². The highest BCUT2D eigenvalue weighted by atomic mass is 19.4. The summed E-state index contributed by atoms with van der Waals surface area (Å²) in [6, 6.07) is -1.38. The molecule has 0 radical (unpaired) electrons. The summed E-state index contributed by atoms with van der Waals surface area (Å²) in [4.78, 5) is 0. The minimum atomic E-state index is -4.15. The average Bonchev–Trinajstić information content (AvgIpc) is 2.68. The molecule has 5 heteroatoms. The zero-order valence-corrected chi connectivity index (χ0v) is 9.65. The van der Waals surface area contributed by atoms with Crippen molar-refractivity contribution < 1.29 is 17.9 Å². The zero-order valence-electron chi connectivity index (χ0n) is 9.65. The Bertz CT molecular complexity index is 190. The lowest BCUT2D eigenvalue weighted by molar-refractivity contribution is -0.158. The third-order valence-corrected chi connectivity index (χ3v) is 2.84. The summed E-state index contributed by atoms with van der Waals surface area (Å²) in [5, 5.41) is 2.55. The number of ether oxygens (including phenoxy) is 1. The van der Waals surface area contributed by atoms with Crippen LogP contribution in [0.1, 0.15) is 39.0 Å². The van der Waals surface area contributed by atoms with Crippen molar-refractivity contribution in [3.63, 3.8) is 0 Å². The summed E-state index contributed by atoms with van der Waals surface area (Å²) in [5.74, 6) is 0. The summed E-state index contributed by atoms with van der Waals surface area (Å²) in [6.45, 7) is 2.97. The van der Waals surface area contributed by atoms with Gasteiger partial charge in [-0.2, -0.15) is 13.2 Å². The summed E-state index contributed by atoms with van der Waals surface area (Å²) in [7, 11) is 0. The van der Waals surface area contributed by atoms with Crippen molar-refractivity contribution in [1.29, 1.82) is 0 Å². The molecule has 1 N–H and O–H groups in total. The van der Waals surface area contributed by atoms with Crippen LogP contribution in [0.25, 0.3) is 0 Å². The standard InChI is InChI=1S/C11H20F3NO/c1-2-7-15-10(11(12,13)14)6-5-9-4-3-8-16-9/h9-10,15H,2-8H2,1H3. The summed E-state index contributed by atoms with van der Waals surface area (Å²) in [5.41, 5.74) is 0. The topological polar surface area (TPSA) is 21.3 Å². The highest BCUT2D eigenvalue weighted by molar-refractivity contribution is 4.77. The first-order chi connectivity index (χ1) is 7.54. The maximum atomic E-state index is 12.6. The molecule has 0 aromatic heterocycles. The van der Waals surface area contributed by atoms with Crippen LogP contribution in [0.3, 0.4) is 0 Å². The van der Waals surface area contributed by atoms with E-state index >= 15 is 0 Å². The first-order valence-corrected chi connectivity index (χ1v) is 5.95. The second-order valence-electron chi connectivity index (χ2n) is 4.26. The molecule has 16 heavy (non-hydrogen) atoms. The third kappa shape index (κ3) is 4.70. The van der Waals surface area contributed by atoms with E-state index in [1.807, 2.05) is 6.92 Å². The van der Waals surface area contributed by atoms with Crippen molar-refractivity contribution in [2.75, 3.05) is 13.2 Å². The van der Waals surface area contributed by atoms with E-state index in [9.17, 15) is 13.2 Å². The number of nitrogens with one attached hydrogen (secondary N) is 1. The van der Waals surface area contributed by atoms with Crippen LogP contribution < -0.4 is 5.32 Å². The van der Waals surface area contributed by atoms with Gasteiger partial charge in [-0.25, -0.2) is 0 Å². The van der Waals surface area contributed by atoms with Crippen molar-refractivity contribution in [2.45, 2.75) is 57.3 Å². The van der Waals surface area contributed by atoms with Gasteiger partial charge in [0.25, 0.3) is 0 Å². The van der Waals surface area contributed by atoms with Crippen LogP contribution in [0, 0.1) is 0 Å². The van der Waals surface area contributed by atoms with Gasteiger partial charge in [0.1, 0.15) is 6.04 Å². The Morgan fingerprint density at radius 2 is 2.19 bits per heavy atom. The van der Waals surface area contributed by atoms with Crippen molar-refractivity contribution in [2.24, 2.45) is 0 Å². The summed E-state index contributed by atoms with van der Waals surface area (Å²) < 4.78 is 43.2. The SMILES string of the molecule is CCCNC(CCC1CCCO1)C(F)(F)F. The van der Waals surface area contributed by atoms with Gasteiger partial charge in [-0.3, -0.25) is 0 Å². The molecule has 1 heterocycles. The molecule has 1 aliphatic heterocycles. The molecule has 1 saturated heterocycles. The van der Waals surface area contributed by atoms with Gasteiger partial charge in [0.2, 0.25) is 0 Å². The minimum Gasteiger partial charge on any atom is -0.378 e. The lowest BCUT2D eigenvalue weighted by Gasteiger charge is -2.22.